The molecule has 0 aromatic rings. The van der Waals surface area contributed by atoms with E-state index < -0.39 is 0 Å². The van der Waals surface area contributed by atoms with Gasteiger partial charge >= 0.3 is 17.6 Å². The average Bonchev–Trinajstić information content (AvgIpc) is 1.35. The molecule has 0 saturated heterocycles. The van der Waals surface area contributed by atoms with Crippen LogP contribution in [-0.4, -0.2) is 43.1 Å². The van der Waals surface area contributed by atoms with E-state index >= 15 is 0 Å². The molecule has 0 amide bonds. The molecule has 2 heteroatoms. The van der Waals surface area contributed by atoms with E-state index in [1.807, 2.05) is 14.1 Å². The molecule has 0 rings (SSSR count). The van der Waals surface area contributed by atoms with Crippen molar-refractivity contribution in [2.75, 3.05) is 20.6 Å². The Morgan fingerprint density at radius 1 is 1.43 bits per heavy atom. The second kappa shape index (κ2) is 6.50. The van der Waals surface area contributed by atoms with Crippen molar-refractivity contribution < 1.29 is 0 Å². The number of nitrogens with zero attached hydrogens (tertiary/aromatic N) is 1. The first-order valence-electron chi connectivity index (χ1n) is 2.21. The molecule has 45 valence electrons. The molecule has 0 atom stereocenters. The topological polar surface area (TPSA) is 3.24 Å². The fraction of sp³-hybridized carbons (Fsp3) is 0.800. The van der Waals surface area contributed by atoms with Gasteiger partial charge in [-0.1, -0.05) is 6.92 Å². The summed E-state index contributed by atoms with van der Waals surface area (Å²) in [4.78, 5) is 2.12. The third-order valence-electron chi connectivity index (χ3n) is 0.605. The van der Waals surface area contributed by atoms with Gasteiger partial charge in [0.05, 0.1) is 0 Å². The van der Waals surface area contributed by atoms with Gasteiger partial charge in [0, 0.05) is 0 Å². The molecule has 0 bridgehead atoms. The summed E-state index contributed by atoms with van der Waals surface area (Å²) in [5.74, 6) is 0. The minimum absolute atomic E-state index is 0. The van der Waals surface area contributed by atoms with E-state index in [1.54, 1.807) is 0 Å². The van der Waals surface area contributed by atoms with Crippen LogP contribution >= 0.6 is 0 Å². The normalized spacial score (nSPS) is 8.57. The van der Waals surface area contributed by atoms with Gasteiger partial charge in [0.1, 0.15) is 0 Å². The molecule has 0 aromatic heterocycles. The molecule has 0 aliphatic heterocycles. The Balaban J connectivity index is 0. The van der Waals surface area contributed by atoms with Crippen molar-refractivity contribution in [3.05, 3.63) is 6.92 Å². The first-order chi connectivity index (χ1) is 2.77. The summed E-state index contributed by atoms with van der Waals surface area (Å²) >= 11 is 0. The van der Waals surface area contributed by atoms with Crippen LogP contribution < -0.4 is 0 Å². The van der Waals surface area contributed by atoms with E-state index in [1.165, 1.54) is 0 Å². The van der Waals surface area contributed by atoms with Crippen molar-refractivity contribution >= 4 is 17.6 Å². The molecule has 0 spiro atoms. The number of hydrogen-bond donors (Lipinski definition) is 0. The predicted molar refractivity (Wildman–Crippen MR) is 39.9 cm³/mol. The number of hydrogen-bond acceptors (Lipinski definition) is 1. The standard InChI is InChI=1S/C5H12N.GeH4/c1-4-5-6(2)3;/h1,4-5H2,2-3H3;1H4. The molecule has 0 unspecified atom stereocenters. The Kier molecular flexibility index (Phi) is 9.73. The number of rotatable bonds is 2. The van der Waals surface area contributed by atoms with Crippen LogP contribution in [0.1, 0.15) is 6.42 Å². The van der Waals surface area contributed by atoms with Crippen LogP contribution in [0.25, 0.3) is 0 Å². The molecular formula is C5H16GeN. The van der Waals surface area contributed by atoms with E-state index in [-0.39, 0.29) is 17.6 Å². The van der Waals surface area contributed by atoms with Crippen molar-refractivity contribution in [2.45, 2.75) is 6.42 Å². The zero-order valence-electron chi connectivity index (χ0n) is 4.57. The first kappa shape index (κ1) is 10.5. The molecule has 0 aromatic carbocycles. The summed E-state index contributed by atoms with van der Waals surface area (Å²) in [6.45, 7) is 4.78. The third kappa shape index (κ3) is 10.7. The second-order valence-electron chi connectivity index (χ2n) is 1.66. The molecule has 0 saturated carbocycles. The molecule has 0 heterocycles. The van der Waals surface area contributed by atoms with Gasteiger partial charge in [-0.3, -0.25) is 0 Å². The molecule has 0 aliphatic rings. The summed E-state index contributed by atoms with van der Waals surface area (Å²) in [7, 11) is 4.09. The molecule has 1 nitrogen and oxygen atoms in total. The van der Waals surface area contributed by atoms with Crippen LogP contribution in [0.3, 0.4) is 0 Å². The van der Waals surface area contributed by atoms with Gasteiger partial charge in [0.15, 0.2) is 0 Å². The van der Waals surface area contributed by atoms with Crippen molar-refractivity contribution in [1.82, 2.24) is 4.90 Å². The van der Waals surface area contributed by atoms with Crippen LogP contribution in [0.5, 0.6) is 0 Å². The molecular weight excluding hydrogens is 147 g/mol. The van der Waals surface area contributed by atoms with E-state index in [0.717, 1.165) is 13.0 Å². The minimum atomic E-state index is 0. The molecule has 0 N–H and O–H groups in total. The van der Waals surface area contributed by atoms with E-state index in [0.29, 0.717) is 0 Å². The predicted octanol–water partition coefficient (Wildman–Crippen LogP) is -0.679. The zero-order chi connectivity index (χ0) is 4.99. The van der Waals surface area contributed by atoms with Gasteiger partial charge in [-0.2, -0.15) is 0 Å². The van der Waals surface area contributed by atoms with Gasteiger partial charge in [0.2, 0.25) is 0 Å². The van der Waals surface area contributed by atoms with Gasteiger partial charge in [-0.15, -0.1) is 0 Å². The molecule has 1 radical (unpaired) electrons. The van der Waals surface area contributed by atoms with E-state index in [9.17, 15) is 0 Å². The molecule has 7 heavy (non-hydrogen) atoms. The Hall–Kier alpha value is 0.503. The third-order valence-corrected chi connectivity index (χ3v) is 0.605. The Morgan fingerprint density at radius 3 is 1.86 bits per heavy atom. The Morgan fingerprint density at radius 2 is 1.86 bits per heavy atom. The summed E-state index contributed by atoms with van der Waals surface area (Å²) in [5.41, 5.74) is 0. The van der Waals surface area contributed by atoms with E-state index in [4.69, 9.17) is 0 Å². The molecule has 0 fully saturated rings. The van der Waals surface area contributed by atoms with Crippen molar-refractivity contribution in [2.24, 2.45) is 0 Å². The summed E-state index contributed by atoms with van der Waals surface area (Å²) < 4.78 is 0. The second-order valence-corrected chi connectivity index (χ2v) is 1.66. The fourth-order valence-corrected chi connectivity index (χ4v) is 0.316. The van der Waals surface area contributed by atoms with E-state index in [2.05, 4.69) is 11.8 Å². The summed E-state index contributed by atoms with van der Waals surface area (Å²) in [6.07, 6.45) is 1.01. The van der Waals surface area contributed by atoms with Crippen LogP contribution in [0.4, 0.5) is 0 Å². The fourth-order valence-electron chi connectivity index (χ4n) is 0.316. The average molecular weight is 163 g/mol. The Bertz CT molecular complexity index is 29.3. The monoisotopic (exact) mass is 164 g/mol. The summed E-state index contributed by atoms with van der Waals surface area (Å²) in [5, 5.41) is 0. The van der Waals surface area contributed by atoms with Crippen molar-refractivity contribution in [1.29, 1.82) is 0 Å². The van der Waals surface area contributed by atoms with Crippen molar-refractivity contribution in [3.63, 3.8) is 0 Å². The van der Waals surface area contributed by atoms with Crippen LogP contribution in [0.2, 0.25) is 0 Å². The van der Waals surface area contributed by atoms with Crippen LogP contribution in [0.15, 0.2) is 0 Å². The van der Waals surface area contributed by atoms with Crippen molar-refractivity contribution in [3.8, 4) is 0 Å². The maximum absolute atomic E-state index is 3.68. The quantitative estimate of drug-likeness (QED) is 0.487. The molecule has 0 aliphatic carbocycles. The van der Waals surface area contributed by atoms with Crippen LogP contribution in [-0.2, 0) is 0 Å². The first-order valence-corrected chi connectivity index (χ1v) is 2.21. The summed E-state index contributed by atoms with van der Waals surface area (Å²) in [6, 6.07) is 0. The zero-order valence-corrected chi connectivity index (χ0v) is 4.57. The van der Waals surface area contributed by atoms with Gasteiger partial charge in [0.25, 0.3) is 0 Å². The van der Waals surface area contributed by atoms with Gasteiger partial charge in [-0.25, -0.2) is 0 Å². The maximum atomic E-state index is 3.68. The van der Waals surface area contributed by atoms with Gasteiger partial charge < -0.3 is 4.90 Å². The van der Waals surface area contributed by atoms with Crippen LogP contribution in [0, 0.1) is 6.92 Å². The SMILES string of the molecule is [CH2]CCN(C)C.[GeH4]. The Labute approximate surface area is 57.1 Å². The van der Waals surface area contributed by atoms with Gasteiger partial charge in [-0.05, 0) is 27.1 Å².